The van der Waals surface area contributed by atoms with E-state index in [9.17, 15) is 4.79 Å². The third-order valence-corrected chi connectivity index (χ3v) is 2.65. The number of piperidine rings is 1. The van der Waals surface area contributed by atoms with E-state index in [0.29, 0.717) is 18.6 Å². The number of nitrogens with one attached hydrogen (secondary N) is 1. The van der Waals surface area contributed by atoms with Gasteiger partial charge in [-0.25, -0.2) is 0 Å². The molecule has 12 heavy (non-hydrogen) atoms. The average molecular weight is 169 g/mol. The van der Waals surface area contributed by atoms with E-state index < -0.39 is 0 Å². The van der Waals surface area contributed by atoms with Gasteiger partial charge < -0.3 is 5.32 Å². The van der Waals surface area contributed by atoms with Crippen molar-refractivity contribution in [2.24, 2.45) is 0 Å². The summed E-state index contributed by atoms with van der Waals surface area (Å²) in [5, 5.41) is 3.53. The lowest BCUT2D eigenvalue weighted by Gasteiger charge is -2.43. The summed E-state index contributed by atoms with van der Waals surface area (Å²) in [5.74, 6) is 0.392. The second-order valence-electron chi connectivity index (χ2n) is 4.82. The van der Waals surface area contributed by atoms with Crippen LogP contribution in [0, 0.1) is 0 Å². The third-order valence-electron chi connectivity index (χ3n) is 2.65. The molecule has 1 atom stereocenters. The highest BCUT2D eigenvalue weighted by Crippen LogP contribution is 2.27. The Bertz CT molecular complexity index is 198. The van der Waals surface area contributed by atoms with Crippen LogP contribution < -0.4 is 5.32 Å². The fourth-order valence-electron chi connectivity index (χ4n) is 2.11. The Morgan fingerprint density at radius 3 is 2.33 bits per heavy atom. The first-order chi connectivity index (χ1) is 5.37. The highest BCUT2D eigenvalue weighted by Gasteiger charge is 2.38. The summed E-state index contributed by atoms with van der Waals surface area (Å²) in [6.45, 7) is 8.45. The summed E-state index contributed by atoms with van der Waals surface area (Å²) >= 11 is 0. The van der Waals surface area contributed by atoms with Gasteiger partial charge in [0.25, 0.3) is 0 Å². The van der Waals surface area contributed by atoms with Crippen molar-refractivity contribution in [3.8, 4) is 0 Å². The van der Waals surface area contributed by atoms with Crippen molar-refractivity contribution < 1.29 is 4.79 Å². The zero-order valence-corrected chi connectivity index (χ0v) is 8.53. The van der Waals surface area contributed by atoms with Crippen molar-refractivity contribution in [3.63, 3.8) is 0 Å². The fourth-order valence-corrected chi connectivity index (χ4v) is 2.11. The lowest BCUT2D eigenvalue weighted by Crippen LogP contribution is -2.59. The normalized spacial score (nSPS) is 35.2. The molecule has 1 aliphatic heterocycles. The smallest absolute Gasteiger partial charge is 0.136 e. The average Bonchev–Trinajstić information content (AvgIpc) is 1.82. The molecule has 0 aromatic heterocycles. The maximum absolute atomic E-state index is 11.4. The Kier molecular flexibility index (Phi) is 2.30. The molecule has 1 saturated heterocycles. The lowest BCUT2D eigenvalue weighted by atomic mass is 9.79. The summed E-state index contributed by atoms with van der Waals surface area (Å²) in [6.07, 6.45) is 2.37. The van der Waals surface area contributed by atoms with Gasteiger partial charge in [0.1, 0.15) is 5.78 Å². The minimum Gasteiger partial charge on any atom is -0.306 e. The first-order valence-electron chi connectivity index (χ1n) is 4.68. The molecule has 1 heterocycles. The van der Waals surface area contributed by atoms with Gasteiger partial charge in [0.2, 0.25) is 0 Å². The summed E-state index contributed by atoms with van der Waals surface area (Å²) < 4.78 is 0. The quantitative estimate of drug-likeness (QED) is 0.649. The minimum absolute atomic E-state index is 0.0138. The summed E-state index contributed by atoms with van der Waals surface area (Å²) in [4.78, 5) is 11.4. The van der Waals surface area contributed by atoms with Crippen molar-refractivity contribution in [2.75, 3.05) is 0 Å². The van der Waals surface area contributed by atoms with Gasteiger partial charge in [0, 0.05) is 23.9 Å². The van der Waals surface area contributed by atoms with Gasteiger partial charge in [-0.3, -0.25) is 4.79 Å². The molecule has 0 aromatic rings. The van der Waals surface area contributed by atoms with Crippen LogP contribution in [0.5, 0.6) is 0 Å². The molecule has 0 amide bonds. The van der Waals surface area contributed by atoms with E-state index >= 15 is 0 Å². The van der Waals surface area contributed by atoms with Crippen LogP contribution in [0.4, 0.5) is 0 Å². The van der Waals surface area contributed by atoms with E-state index in [2.05, 4.69) is 33.0 Å². The Morgan fingerprint density at radius 2 is 1.92 bits per heavy atom. The zero-order valence-electron chi connectivity index (χ0n) is 8.53. The van der Waals surface area contributed by atoms with Crippen LogP contribution in [0.25, 0.3) is 0 Å². The monoisotopic (exact) mass is 169 g/mol. The molecule has 2 nitrogen and oxygen atoms in total. The SMILES string of the molecule is CCC1(C)CC(=O)CC(C)(C)N1. The van der Waals surface area contributed by atoms with Gasteiger partial charge in [0.15, 0.2) is 0 Å². The molecule has 1 unspecified atom stereocenters. The highest BCUT2D eigenvalue weighted by atomic mass is 16.1. The van der Waals surface area contributed by atoms with Crippen molar-refractivity contribution in [1.82, 2.24) is 5.32 Å². The van der Waals surface area contributed by atoms with Gasteiger partial charge >= 0.3 is 0 Å². The van der Waals surface area contributed by atoms with Crippen LogP contribution in [0.2, 0.25) is 0 Å². The molecule has 1 rings (SSSR count). The van der Waals surface area contributed by atoms with Crippen molar-refractivity contribution in [3.05, 3.63) is 0 Å². The van der Waals surface area contributed by atoms with Crippen LogP contribution in [0.15, 0.2) is 0 Å². The molecule has 0 spiro atoms. The highest BCUT2D eigenvalue weighted by molar-refractivity contribution is 5.81. The number of hydrogen-bond acceptors (Lipinski definition) is 2. The van der Waals surface area contributed by atoms with Crippen molar-refractivity contribution >= 4 is 5.78 Å². The van der Waals surface area contributed by atoms with E-state index in [1.807, 2.05) is 0 Å². The predicted molar refractivity (Wildman–Crippen MR) is 50.2 cm³/mol. The van der Waals surface area contributed by atoms with E-state index in [1.165, 1.54) is 0 Å². The number of rotatable bonds is 1. The molecule has 0 radical (unpaired) electrons. The van der Waals surface area contributed by atoms with Crippen molar-refractivity contribution in [1.29, 1.82) is 0 Å². The standard InChI is InChI=1S/C10H19NO/c1-5-10(4)7-8(12)6-9(2,3)11-10/h11H,5-7H2,1-4H3. The topological polar surface area (TPSA) is 29.1 Å². The van der Waals surface area contributed by atoms with E-state index in [-0.39, 0.29) is 11.1 Å². The van der Waals surface area contributed by atoms with Gasteiger partial charge in [-0.1, -0.05) is 6.92 Å². The Labute approximate surface area is 74.7 Å². The number of carbonyl (C=O) groups is 1. The van der Waals surface area contributed by atoms with Crippen LogP contribution in [0.1, 0.15) is 47.0 Å². The largest absolute Gasteiger partial charge is 0.306 e. The first-order valence-corrected chi connectivity index (χ1v) is 4.68. The molecular formula is C10H19NO. The predicted octanol–water partition coefficient (Wildman–Crippen LogP) is 1.89. The van der Waals surface area contributed by atoms with Crippen LogP contribution in [-0.4, -0.2) is 16.9 Å². The third kappa shape index (κ3) is 2.07. The molecular weight excluding hydrogens is 150 g/mol. The second kappa shape index (κ2) is 2.84. The van der Waals surface area contributed by atoms with Crippen LogP contribution in [0.3, 0.4) is 0 Å². The molecule has 70 valence electrons. The molecule has 2 heteroatoms. The van der Waals surface area contributed by atoms with Crippen LogP contribution in [-0.2, 0) is 4.79 Å². The van der Waals surface area contributed by atoms with E-state index in [4.69, 9.17) is 0 Å². The molecule has 0 aromatic carbocycles. The van der Waals surface area contributed by atoms with E-state index in [0.717, 1.165) is 6.42 Å². The van der Waals surface area contributed by atoms with Gasteiger partial charge in [-0.15, -0.1) is 0 Å². The summed E-state index contributed by atoms with van der Waals surface area (Å²) in [7, 11) is 0. The number of hydrogen-bond donors (Lipinski definition) is 1. The molecule has 1 aliphatic rings. The minimum atomic E-state index is -0.0138. The molecule has 0 saturated carbocycles. The maximum atomic E-state index is 11.4. The fraction of sp³-hybridized carbons (Fsp3) is 0.900. The summed E-state index contributed by atoms with van der Waals surface area (Å²) in [6, 6.07) is 0. The maximum Gasteiger partial charge on any atom is 0.136 e. The first kappa shape index (κ1) is 9.72. The Balaban J connectivity index is 2.76. The zero-order chi connectivity index (χ0) is 9.41. The molecule has 1 N–H and O–H groups in total. The van der Waals surface area contributed by atoms with Crippen LogP contribution >= 0.6 is 0 Å². The number of carbonyl (C=O) groups excluding carboxylic acids is 1. The Morgan fingerprint density at radius 1 is 1.33 bits per heavy atom. The lowest BCUT2D eigenvalue weighted by molar-refractivity contribution is -0.124. The molecule has 0 bridgehead atoms. The van der Waals surface area contributed by atoms with Gasteiger partial charge in [-0.2, -0.15) is 0 Å². The molecule has 1 fully saturated rings. The van der Waals surface area contributed by atoms with Gasteiger partial charge in [0.05, 0.1) is 0 Å². The van der Waals surface area contributed by atoms with E-state index in [1.54, 1.807) is 0 Å². The van der Waals surface area contributed by atoms with Gasteiger partial charge in [-0.05, 0) is 27.2 Å². The van der Waals surface area contributed by atoms with Crippen molar-refractivity contribution in [2.45, 2.75) is 58.0 Å². The second-order valence-corrected chi connectivity index (χ2v) is 4.82. The summed E-state index contributed by atoms with van der Waals surface area (Å²) in [5.41, 5.74) is 0.0128. The molecule has 0 aliphatic carbocycles. The number of Topliss-reactive ketones (excluding diaryl/α,β-unsaturated/α-hetero) is 1. The number of ketones is 1. The Hall–Kier alpha value is -0.370.